The minimum Gasteiger partial charge on any atom is -0.322 e. The van der Waals surface area contributed by atoms with Crippen LogP contribution in [0.4, 0.5) is 11.4 Å². The zero-order valence-electron chi connectivity index (χ0n) is 14.3. The number of hydrogen-bond donors (Lipinski definition) is 1. The fourth-order valence-corrected chi connectivity index (χ4v) is 3.72. The van der Waals surface area contributed by atoms with Crippen LogP contribution < -0.4 is 5.32 Å². The molecule has 2 heterocycles. The lowest BCUT2D eigenvalue weighted by Gasteiger charge is -2.29. The molecule has 4 rings (SSSR count). The number of carbonyl (C=O) groups excluding carboxylic acids is 1. The first-order valence-corrected chi connectivity index (χ1v) is 9.11. The molecule has 0 bridgehead atoms. The van der Waals surface area contributed by atoms with E-state index in [0.29, 0.717) is 0 Å². The number of fused-ring (bicyclic) bond motifs is 1. The van der Waals surface area contributed by atoms with Gasteiger partial charge in [-0.1, -0.05) is 55.3 Å². The Bertz CT molecular complexity index is 777. The number of aliphatic imine (C=N–C) groups is 1. The number of likely N-dealkylation sites (tertiary alicyclic amines) is 1. The minimum atomic E-state index is -0.340. The van der Waals surface area contributed by atoms with Crippen molar-refractivity contribution in [2.45, 2.75) is 31.7 Å². The predicted octanol–water partition coefficient (Wildman–Crippen LogP) is 4.00. The van der Waals surface area contributed by atoms with E-state index in [4.69, 9.17) is 4.99 Å². The van der Waals surface area contributed by atoms with Gasteiger partial charge in [-0.05, 0) is 43.6 Å². The average Bonchev–Trinajstić information content (AvgIpc) is 2.99. The third-order valence-corrected chi connectivity index (χ3v) is 4.99. The predicted molar refractivity (Wildman–Crippen MR) is 102 cm³/mol. The lowest BCUT2D eigenvalue weighted by molar-refractivity contribution is -0.119. The van der Waals surface area contributed by atoms with Crippen LogP contribution in [0, 0.1) is 0 Å². The third kappa shape index (κ3) is 3.35. The highest BCUT2D eigenvalue weighted by atomic mass is 16.2. The third-order valence-electron chi connectivity index (χ3n) is 4.99. The van der Waals surface area contributed by atoms with Crippen LogP contribution in [-0.4, -0.2) is 35.7 Å². The monoisotopic (exact) mass is 333 g/mol. The molecular weight excluding hydrogens is 310 g/mol. The topological polar surface area (TPSA) is 44.7 Å². The van der Waals surface area contributed by atoms with Crippen molar-refractivity contribution >= 4 is 23.0 Å². The zero-order chi connectivity index (χ0) is 17.1. The van der Waals surface area contributed by atoms with E-state index in [9.17, 15) is 4.79 Å². The van der Waals surface area contributed by atoms with Crippen molar-refractivity contribution in [2.75, 3.05) is 18.4 Å². The molecule has 2 aliphatic rings. The van der Waals surface area contributed by atoms with E-state index in [1.54, 1.807) is 0 Å². The van der Waals surface area contributed by atoms with Gasteiger partial charge in [-0.25, -0.2) is 4.99 Å². The summed E-state index contributed by atoms with van der Waals surface area (Å²) in [7, 11) is 0. The summed E-state index contributed by atoms with van der Waals surface area (Å²) in [6.07, 6.45) is 4.75. The van der Waals surface area contributed by atoms with Gasteiger partial charge in [0.2, 0.25) is 5.91 Å². The summed E-state index contributed by atoms with van der Waals surface area (Å²) in [5, 5.41) is 3.09. The fourth-order valence-electron chi connectivity index (χ4n) is 3.72. The van der Waals surface area contributed by atoms with Crippen molar-refractivity contribution in [1.82, 2.24) is 4.90 Å². The van der Waals surface area contributed by atoms with Crippen molar-refractivity contribution in [3.63, 3.8) is 0 Å². The Balaban J connectivity index is 1.81. The minimum absolute atomic E-state index is 0.0226. The normalized spacial score (nSPS) is 21.5. The summed E-state index contributed by atoms with van der Waals surface area (Å²) in [6.45, 7) is 1.89. The second-order valence-corrected chi connectivity index (χ2v) is 6.72. The summed E-state index contributed by atoms with van der Waals surface area (Å²) in [5.74, 6) is 0.0226. The first kappa shape index (κ1) is 16.0. The molecule has 0 spiro atoms. The Labute approximate surface area is 148 Å². The molecular formula is C21H23N3O. The van der Waals surface area contributed by atoms with Crippen LogP contribution in [0.3, 0.4) is 0 Å². The number of amides is 1. The Morgan fingerprint density at radius 1 is 0.880 bits per heavy atom. The van der Waals surface area contributed by atoms with Gasteiger partial charge in [-0.3, -0.25) is 9.69 Å². The number of nitrogens with zero attached hydrogens (tertiary/aromatic N) is 2. The number of nitrogens with one attached hydrogen (secondary N) is 1. The van der Waals surface area contributed by atoms with Gasteiger partial charge in [-0.15, -0.1) is 0 Å². The smallest absolute Gasteiger partial charge is 0.248 e. The molecule has 0 saturated carbocycles. The van der Waals surface area contributed by atoms with Gasteiger partial charge < -0.3 is 5.32 Å². The number of benzene rings is 2. The highest BCUT2D eigenvalue weighted by molar-refractivity contribution is 6.22. The maximum absolute atomic E-state index is 13.1. The van der Waals surface area contributed by atoms with E-state index in [1.807, 2.05) is 54.6 Å². The van der Waals surface area contributed by atoms with Crippen molar-refractivity contribution in [3.05, 3.63) is 60.2 Å². The molecule has 0 aromatic heterocycles. The zero-order valence-corrected chi connectivity index (χ0v) is 14.3. The highest BCUT2D eigenvalue weighted by Gasteiger charge is 2.34. The number of rotatable bonds is 2. The van der Waals surface area contributed by atoms with E-state index in [-0.39, 0.29) is 11.9 Å². The largest absolute Gasteiger partial charge is 0.322 e. The first-order valence-electron chi connectivity index (χ1n) is 9.11. The maximum atomic E-state index is 13.1. The summed E-state index contributed by atoms with van der Waals surface area (Å²) in [4.78, 5) is 20.4. The van der Waals surface area contributed by atoms with Crippen molar-refractivity contribution < 1.29 is 4.79 Å². The number of carbonyl (C=O) groups is 1. The molecule has 2 aliphatic heterocycles. The van der Waals surface area contributed by atoms with Crippen molar-refractivity contribution in [3.8, 4) is 0 Å². The van der Waals surface area contributed by atoms with E-state index >= 15 is 0 Å². The number of anilines is 1. The van der Waals surface area contributed by atoms with Crippen LogP contribution in [0.2, 0.25) is 0 Å². The fraction of sp³-hybridized carbons (Fsp3) is 0.333. The molecule has 0 radical (unpaired) electrons. The Kier molecular flexibility index (Phi) is 4.61. The Morgan fingerprint density at radius 2 is 1.56 bits per heavy atom. The molecule has 25 heavy (non-hydrogen) atoms. The number of para-hydroxylation sites is 2. The Hall–Kier alpha value is -2.46. The second-order valence-electron chi connectivity index (χ2n) is 6.72. The molecule has 4 heteroatoms. The van der Waals surface area contributed by atoms with Gasteiger partial charge in [0.15, 0.2) is 0 Å². The molecule has 1 amide bonds. The summed E-state index contributed by atoms with van der Waals surface area (Å²) >= 11 is 0. The standard InChI is InChI=1S/C21H23N3O/c25-21-20(24-14-8-1-2-9-15-24)19(16-10-4-3-5-11-16)22-17-12-6-7-13-18(17)23-21/h3-7,10-13,20H,1-2,8-9,14-15H2,(H,23,25)/t20-/m0/s1. The highest BCUT2D eigenvalue weighted by Crippen LogP contribution is 2.30. The molecule has 4 nitrogen and oxygen atoms in total. The molecule has 1 N–H and O–H groups in total. The van der Waals surface area contributed by atoms with Gasteiger partial charge in [0.25, 0.3) is 0 Å². The first-order chi connectivity index (χ1) is 12.3. The van der Waals surface area contributed by atoms with Crippen molar-refractivity contribution in [2.24, 2.45) is 4.99 Å². The van der Waals surface area contributed by atoms with Gasteiger partial charge in [0.05, 0.1) is 17.1 Å². The van der Waals surface area contributed by atoms with Crippen LogP contribution in [0.25, 0.3) is 0 Å². The van der Waals surface area contributed by atoms with Crippen LogP contribution in [-0.2, 0) is 4.79 Å². The van der Waals surface area contributed by atoms with Crippen LogP contribution in [0.5, 0.6) is 0 Å². The van der Waals surface area contributed by atoms with Crippen LogP contribution in [0.1, 0.15) is 31.2 Å². The summed E-state index contributed by atoms with van der Waals surface area (Å²) in [6, 6.07) is 17.5. The molecule has 1 saturated heterocycles. The molecule has 1 atom stereocenters. The van der Waals surface area contributed by atoms with E-state index in [2.05, 4.69) is 10.2 Å². The van der Waals surface area contributed by atoms with Crippen LogP contribution in [0.15, 0.2) is 59.6 Å². The second kappa shape index (κ2) is 7.19. The molecule has 128 valence electrons. The van der Waals surface area contributed by atoms with Gasteiger partial charge in [0, 0.05) is 0 Å². The lowest BCUT2D eigenvalue weighted by Crippen LogP contribution is -2.49. The quantitative estimate of drug-likeness (QED) is 0.903. The van der Waals surface area contributed by atoms with Crippen LogP contribution >= 0.6 is 0 Å². The average molecular weight is 333 g/mol. The van der Waals surface area contributed by atoms with Gasteiger partial charge in [-0.2, -0.15) is 0 Å². The Morgan fingerprint density at radius 3 is 2.32 bits per heavy atom. The van der Waals surface area contributed by atoms with E-state index < -0.39 is 0 Å². The van der Waals surface area contributed by atoms with E-state index in [0.717, 1.165) is 48.6 Å². The molecule has 2 aromatic carbocycles. The van der Waals surface area contributed by atoms with Gasteiger partial charge >= 0.3 is 0 Å². The van der Waals surface area contributed by atoms with E-state index in [1.165, 1.54) is 12.8 Å². The molecule has 0 aliphatic carbocycles. The summed E-state index contributed by atoms with van der Waals surface area (Å²) < 4.78 is 0. The summed E-state index contributed by atoms with van der Waals surface area (Å²) in [5.41, 5.74) is 3.49. The van der Waals surface area contributed by atoms with Gasteiger partial charge in [0.1, 0.15) is 6.04 Å². The molecule has 2 aromatic rings. The maximum Gasteiger partial charge on any atom is 0.248 e. The SMILES string of the molecule is O=C1Nc2ccccc2N=C(c2ccccc2)[C@@H]1N1CCCCCC1. The molecule has 1 fully saturated rings. The number of hydrogen-bond acceptors (Lipinski definition) is 3. The lowest BCUT2D eigenvalue weighted by atomic mass is 10.0. The molecule has 0 unspecified atom stereocenters. The van der Waals surface area contributed by atoms with Crippen molar-refractivity contribution in [1.29, 1.82) is 0 Å².